The lowest BCUT2D eigenvalue weighted by molar-refractivity contribution is -0.144. The topological polar surface area (TPSA) is 55.0 Å². The highest BCUT2D eigenvalue weighted by atomic mass is 19.4. The van der Waals surface area contributed by atoms with Crippen LogP contribution >= 0.6 is 0 Å². The van der Waals surface area contributed by atoms with E-state index in [1.807, 2.05) is 0 Å². The molecule has 0 amide bonds. The Kier molecular flexibility index (Phi) is 2.53. The molecule has 0 radical (unpaired) electrons. The maximum Gasteiger partial charge on any atom is 0.449 e. The standard InChI is InChI=1S/C10H7F3N2O2/c1-17-5-2-3-7-6(4-5)8(16)15-9(14-7)10(11,12)13/h2-4H,1H3,(H,14,15,16). The van der Waals surface area contributed by atoms with Gasteiger partial charge < -0.3 is 9.72 Å². The molecule has 4 nitrogen and oxygen atoms in total. The monoisotopic (exact) mass is 244 g/mol. The molecule has 1 N–H and O–H groups in total. The average molecular weight is 244 g/mol. The van der Waals surface area contributed by atoms with Crippen LogP contribution in [0.4, 0.5) is 13.2 Å². The van der Waals surface area contributed by atoms with E-state index < -0.39 is 17.6 Å². The smallest absolute Gasteiger partial charge is 0.449 e. The number of fused-ring (bicyclic) bond motifs is 1. The molecule has 0 aliphatic rings. The van der Waals surface area contributed by atoms with Gasteiger partial charge in [-0.2, -0.15) is 13.2 Å². The third-order valence-corrected chi connectivity index (χ3v) is 2.18. The minimum absolute atomic E-state index is 0.0260. The number of hydrogen-bond acceptors (Lipinski definition) is 3. The summed E-state index contributed by atoms with van der Waals surface area (Å²) in [5.74, 6) is -0.926. The van der Waals surface area contributed by atoms with E-state index >= 15 is 0 Å². The van der Waals surface area contributed by atoms with Gasteiger partial charge in [0.2, 0.25) is 5.82 Å². The van der Waals surface area contributed by atoms with Gasteiger partial charge >= 0.3 is 6.18 Å². The third-order valence-electron chi connectivity index (χ3n) is 2.18. The summed E-state index contributed by atoms with van der Waals surface area (Å²) in [6, 6.07) is 4.08. The van der Waals surface area contributed by atoms with Gasteiger partial charge in [-0.3, -0.25) is 4.79 Å². The first-order valence-corrected chi connectivity index (χ1v) is 4.57. The Labute approximate surface area is 93.1 Å². The first-order chi connectivity index (χ1) is 7.91. The minimum Gasteiger partial charge on any atom is -0.497 e. The summed E-state index contributed by atoms with van der Waals surface area (Å²) in [6.07, 6.45) is -4.67. The van der Waals surface area contributed by atoms with E-state index in [2.05, 4.69) is 4.98 Å². The fourth-order valence-electron chi connectivity index (χ4n) is 1.38. The molecule has 0 fully saturated rings. The highest BCUT2D eigenvalue weighted by molar-refractivity contribution is 5.79. The third kappa shape index (κ3) is 2.08. The molecule has 90 valence electrons. The van der Waals surface area contributed by atoms with E-state index in [1.165, 1.54) is 25.3 Å². The van der Waals surface area contributed by atoms with Gasteiger partial charge in [0.25, 0.3) is 5.56 Å². The van der Waals surface area contributed by atoms with Crippen LogP contribution in [-0.2, 0) is 6.18 Å². The zero-order valence-electron chi connectivity index (χ0n) is 8.63. The van der Waals surface area contributed by atoms with Crippen LogP contribution in [0.3, 0.4) is 0 Å². The number of methoxy groups -OCH3 is 1. The van der Waals surface area contributed by atoms with Crippen molar-refractivity contribution in [3.8, 4) is 5.75 Å². The fourth-order valence-corrected chi connectivity index (χ4v) is 1.38. The van der Waals surface area contributed by atoms with Crippen LogP contribution in [0.15, 0.2) is 23.0 Å². The van der Waals surface area contributed by atoms with Crippen molar-refractivity contribution < 1.29 is 17.9 Å². The van der Waals surface area contributed by atoms with Gasteiger partial charge in [0, 0.05) is 0 Å². The van der Waals surface area contributed by atoms with Crippen molar-refractivity contribution in [3.05, 3.63) is 34.4 Å². The summed E-state index contributed by atoms with van der Waals surface area (Å²) >= 11 is 0. The molecule has 0 saturated heterocycles. The van der Waals surface area contributed by atoms with Gasteiger partial charge in [0.15, 0.2) is 0 Å². The molecular formula is C10H7F3N2O2. The Morgan fingerprint density at radius 3 is 2.65 bits per heavy atom. The number of alkyl halides is 3. The maximum absolute atomic E-state index is 12.4. The predicted molar refractivity (Wildman–Crippen MR) is 53.9 cm³/mol. The van der Waals surface area contributed by atoms with Gasteiger partial charge in [0.05, 0.1) is 18.0 Å². The Morgan fingerprint density at radius 1 is 1.35 bits per heavy atom. The first kappa shape index (κ1) is 11.4. The van der Waals surface area contributed by atoms with Crippen LogP contribution < -0.4 is 10.3 Å². The van der Waals surface area contributed by atoms with Crippen molar-refractivity contribution in [1.82, 2.24) is 9.97 Å². The van der Waals surface area contributed by atoms with E-state index in [4.69, 9.17) is 4.74 Å². The molecule has 2 aromatic rings. The van der Waals surface area contributed by atoms with Crippen molar-refractivity contribution in [3.63, 3.8) is 0 Å². The number of ether oxygens (including phenoxy) is 1. The number of aromatic nitrogens is 2. The van der Waals surface area contributed by atoms with Crippen LogP contribution in [0, 0.1) is 0 Å². The summed E-state index contributed by atoms with van der Waals surface area (Å²) in [6.45, 7) is 0. The van der Waals surface area contributed by atoms with Crippen molar-refractivity contribution in [2.75, 3.05) is 7.11 Å². The number of nitrogens with one attached hydrogen (secondary N) is 1. The molecule has 0 bridgehead atoms. The van der Waals surface area contributed by atoms with E-state index in [0.29, 0.717) is 5.75 Å². The van der Waals surface area contributed by atoms with Crippen molar-refractivity contribution in [2.24, 2.45) is 0 Å². The highest BCUT2D eigenvalue weighted by Gasteiger charge is 2.34. The zero-order valence-corrected chi connectivity index (χ0v) is 8.63. The molecule has 0 atom stereocenters. The summed E-state index contributed by atoms with van der Waals surface area (Å²) in [7, 11) is 1.40. The van der Waals surface area contributed by atoms with E-state index in [9.17, 15) is 18.0 Å². The highest BCUT2D eigenvalue weighted by Crippen LogP contribution is 2.26. The summed E-state index contributed by atoms with van der Waals surface area (Å²) in [5, 5.41) is 0.0531. The molecule has 1 aromatic carbocycles. The molecule has 2 rings (SSSR count). The van der Waals surface area contributed by atoms with E-state index in [0.717, 1.165) is 0 Å². The van der Waals surface area contributed by atoms with E-state index in [-0.39, 0.29) is 10.9 Å². The first-order valence-electron chi connectivity index (χ1n) is 4.57. The second kappa shape index (κ2) is 3.76. The van der Waals surface area contributed by atoms with Gasteiger partial charge in [-0.05, 0) is 18.2 Å². The number of halogens is 3. The van der Waals surface area contributed by atoms with Crippen LogP contribution in [0.25, 0.3) is 10.9 Å². The largest absolute Gasteiger partial charge is 0.497 e. The van der Waals surface area contributed by atoms with Gasteiger partial charge in [-0.1, -0.05) is 0 Å². The summed E-state index contributed by atoms with van der Waals surface area (Å²) in [4.78, 5) is 16.5. The normalized spacial score (nSPS) is 11.8. The number of nitrogens with zero attached hydrogens (tertiary/aromatic N) is 1. The van der Waals surface area contributed by atoms with Gasteiger partial charge in [-0.15, -0.1) is 0 Å². The van der Waals surface area contributed by atoms with Crippen LogP contribution in [0.5, 0.6) is 5.75 Å². The average Bonchev–Trinajstić information content (AvgIpc) is 2.27. The van der Waals surface area contributed by atoms with Crippen LogP contribution in [0.1, 0.15) is 5.82 Å². The van der Waals surface area contributed by atoms with Gasteiger partial charge in [-0.25, -0.2) is 4.98 Å². The molecule has 1 aromatic heterocycles. The lowest BCUT2D eigenvalue weighted by Crippen LogP contribution is -2.19. The maximum atomic E-state index is 12.4. The summed E-state index contributed by atoms with van der Waals surface area (Å²) < 4.78 is 42.0. The quantitative estimate of drug-likeness (QED) is 0.834. The predicted octanol–water partition coefficient (Wildman–Crippen LogP) is 1.95. The van der Waals surface area contributed by atoms with Crippen molar-refractivity contribution in [1.29, 1.82) is 0 Å². The van der Waals surface area contributed by atoms with Crippen molar-refractivity contribution >= 4 is 10.9 Å². The van der Waals surface area contributed by atoms with Crippen molar-refractivity contribution in [2.45, 2.75) is 6.18 Å². The minimum atomic E-state index is -4.67. The number of benzene rings is 1. The number of rotatable bonds is 1. The number of hydrogen-bond donors (Lipinski definition) is 1. The molecular weight excluding hydrogens is 237 g/mol. The number of aromatic amines is 1. The van der Waals surface area contributed by atoms with Crippen LogP contribution in [-0.4, -0.2) is 17.1 Å². The number of H-pyrrole nitrogens is 1. The fraction of sp³-hybridized carbons (Fsp3) is 0.200. The zero-order chi connectivity index (χ0) is 12.6. The Balaban J connectivity index is 2.73. The van der Waals surface area contributed by atoms with Gasteiger partial charge in [0.1, 0.15) is 5.75 Å². The molecule has 17 heavy (non-hydrogen) atoms. The molecule has 7 heteroatoms. The molecule has 1 heterocycles. The lowest BCUT2D eigenvalue weighted by atomic mass is 10.2. The SMILES string of the molecule is COc1ccc2nc(C(F)(F)F)[nH]c(=O)c2c1. The Hall–Kier alpha value is -2.05. The Bertz CT molecular complexity index is 619. The second-order valence-corrected chi connectivity index (χ2v) is 3.30. The molecule has 0 aliphatic carbocycles. The molecule has 0 spiro atoms. The molecule has 0 aliphatic heterocycles. The second-order valence-electron chi connectivity index (χ2n) is 3.30. The Morgan fingerprint density at radius 2 is 2.06 bits per heavy atom. The molecule has 0 saturated carbocycles. The van der Waals surface area contributed by atoms with E-state index in [1.54, 1.807) is 4.98 Å². The molecule has 0 unspecified atom stereocenters. The lowest BCUT2D eigenvalue weighted by Gasteiger charge is -2.06. The summed E-state index contributed by atoms with van der Waals surface area (Å²) in [5.41, 5.74) is -0.872. The van der Waals surface area contributed by atoms with Crippen LogP contribution in [0.2, 0.25) is 0 Å².